The van der Waals surface area contributed by atoms with Crippen LogP contribution in [0.1, 0.15) is 37.3 Å². The maximum Gasteiger partial charge on any atom is 0.220 e. The molecule has 0 aromatic heterocycles. The van der Waals surface area contributed by atoms with Gasteiger partial charge in [-0.1, -0.05) is 29.8 Å². The predicted octanol–water partition coefficient (Wildman–Crippen LogP) is 2.43. The number of amides is 1. The number of rotatable bonds is 5. The van der Waals surface area contributed by atoms with Crippen LogP contribution in [0.4, 0.5) is 0 Å². The maximum absolute atomic E-state index is 11.9. The largest absolute Gasteiger partial charge is 0.356 e. The third kappa shape index (κ3) is 4.97. The second kappa shape index (κ2) is 7.44. The van der Waals surface area contributed by atoms with Crippen molar-refractivity contribution in [3.05, 3.63) is 35.4 Å². The molecule has 2 N–H and O–H groups in total. The fourth-order valence-electron chi connectivity index (χ4n) is 2.70. The fraction of sp³-hybridized carbons (Fsp3) is 0.588. The van der Waals surface area contributed by atoms with Crippen molar-refractivity contribution in [1.82, 2.24) is 10.6 Å². The highest BCUT2D eigenvalue weighted by atomic mass is 16.1. The van der Waals surface area contributed by atoms with E-state index in [2.05, 4.69) is 48.7 Å². The molecule has 2 atom stereocenters. The summed E-state index contributed by atoms with van der Waals surface area (Å²) in [6, 6.07) is 9.01. The first-order chi connectivity index (χ1) is 9.63. The van der Waals surface area contributed by atoms with Gasteiger partial charge in [0.15, 0.2) is 0 Å². The maximum atomic E-state index is 11.9. The van der Waals surface area contributed by atoms with Gasteiger partial charge in [-0.3, -0.25) is 4.79 Å². The average molecular weight is 274 g/mol. The molecule has 1 aliphatic rings. The van der Waals surface area contributed by atoms with Crippen LogP contribution in [0.25, 0.3) is 0 Å². The fourth-order valence-corrected chi connectivity index (χ4v) is 2.70. The van der Waals surface area contributed by atoms with Gasteiger partial charge in [0.25, 0.3) is 0 Å². The quantitative estimate of drug-likeness (QED) is 0.866. The molecule has 0 radical (unpaired) electrons. The van der Waals surface area contributed by atoms with E-state index in [1.807, 2.05) is 0 Å². The number of piperidine rings is 1. The van der Waals surface area contributed by atoms with Gasteiger partial charge in [0.1, 0.15) is 0 Å². The first-order valence-corrected chi connectivity index (χ1v) is 7.69. The van der Waals surface area contributed by atoms with Crippen molar-refractivity contribution in [3.8, 4) is 0 Å². The van der Waals surface area contributed by atoms with Crippen LogP contribution in [0.2, 0.25) is 0 Å². The van der Waals surface area contributed by atoms with Crippen molar-refractivity contribution >= 4 is 5.91 Å². The van der Waals surface area contributed by atoms with Crippen molar-refractivity contribution < 1.29 is 4.79 Å². The van der Waals surface area contributed by atoms with Crippen molar-refractivity contribution in [2.75, 3.05) is 13.1 Å². The van der Waals surface area contributed by atoms with E-state index in [0.717, 1.165) is 19.5 Å². The van der Waals surface area contributed by atoms with Crippen LogP contribution in [-0.4, -0.2) is 25.0 Å². The van der Waals surface area contributed by atoms with Crippen LogP contribution < -0.4 is 10.6 Å². The van der Waals surface area contributed by atoms with Gasteiger partial charge in [0.2, 0.25) is 5.91 Å². The minimum absolute atomic E-state index is 0.171. The molecule has 2 rings (SSSR count). The van der Waals surface area contributed by atoms with Gasteiger partial charge in [-0.2, -0.15) is 0 Å². The molecule has 0 spiro atoms. The highest BCUT2D eigenvalue weighted by Gasteiger charge is 2.17. The number of aryl methyl sites for hydroxylation is 2. The lowest BCUT2D eigenvalue weighted by Gasteiger charge is -2.27. The van der Waals surface area contributed by atoms with E-state index >= 15 is 0 Å². The molecule has 1 aromatic carbocycles. The van der Waals surface area contributed by atoms with Crippen LogP contribution in [-0.2, 0) is 11.2 Å². The van der Waals surface area contributed by atoms with Gasteiger partial charge < -0.3 is 10.6 Å². The Morgan fingerprint density at radius 3 is 2.95 bits per heavy atom. The van der Waals surface area contributed by atoms with E-state index in [1.165, 1.54) is 24.0 Å². The second-order valence-corrected chi connectivity index (χ2v) is 6.05. The molecular weight excluding hydrogens is 248 g/mol. The molecule has 1 heterocycles. The molecule has 110 valence electrons. The van der Waals surface area contributed by atoms with Crippen molar-refractivity contribution in [2.45, 2.75) is 45.6 Å². The van der Waals surface area contributed by atoms with Gasteiger partial charge in [-0.15, -0.1) is 0 Å². The summed E-state index contributed by atoms with van der Waals surface area (Å²) in [6.07, 6.45) is 3.84. The Balaban J connectivity index is 1.65. The molecule has 2 unspecified atom stereocenters. The van der Waals surface area contributed by atoms with E-state index in [4.69, 9.17) is 0 Å². The third-order valence-electron chi connectivity index (χ3n) is 4.07. The molecule has 1 amide bonds. The van der Waals surface area contributed by atoms with Crippen molar-refractivity contribution in [1.29, 1.82) is 0 Å². The van der Waals surface area contributed by atoms with E-state index in [-0.39, 0.29) is 5.91 Å². The number of benzene rings is 1. The molecular formula is C17H26N2O. The van der Waals surface area contributed by atoms with E-state index in [9.17, 15) is 4.79 Å². The SMILES string of the molecule is Cc1cccc(CCC(=O)NCC2CCC(C)NC2)c1. The Morgan fingerprint density at radius 2 is 2.25 bits per heavy atom. The summed E-state index contributed by atoms with van der Waals surface area (Å²) < 4.78 is 0. The molecule has 3 nitrogen and oxygen atoms in total. The highest BCUT2D eigenvalue weighted by Crippen LogP contribution is 2.13. The van der Waals surface area contributed by atoms with Crippen LogP contribution >= 0.6 is 0 Å². The zero-order chi connectivity index (χ0) is 14.4. The van der Waals surface area contributed by atoms with Crippen molar-refractivity contribution in [3.63, 3.8) is 0 Å². The smallest absolute Gasteiger partial charge is 0.220 e. The third-order valence-corrected chi connectivity index (χ3v) is 4.07. The summed E-state index contributed by atoms with van der Waals surface area (Å²) in [5, 5.41) is 6.54. The first-order valence-electron chi connectivity index (χ1n) is 7.69. The molecule has 1 aromatic rings. The van der Waals surface area contributed by atoms with E-state index in [0.29, 0.717) is 18.4 Å². The monoisotopic (exact) mass is 274 g/mol. The number of hydrogen-bond acceptors (Lipinski definition) is 2. The molecule has 0 aliphatic carbocycles. The summed E-state index contributed by atoms with van der Waals surface area (Å²) in [5.74, 6) is 0.763. The number of hydrogen-bond donors (Lipinski definition) is 2. The van der Waals surface area contributed by atoms with Crippen molar-refractivity contribution in [2.24, 2.45) is 5.92 Å². The Hall–Kier alpha value is -1.35. The van der Waals surface area contributed by atoms with Crippen LogP contribution in [0.3, 0.4) is 0 Å². The summed E-state index contributed by atoms with van der Waals surface area (Å²) >= 11 is 0. The number of carbonyl (C=O) groups is 1. The Kier molecular flexibility index (Phi) is 5.60. The predicted molar refractivity (Wildman–Crippen MR) is 82.7 cm³/mol. The minimum Gasteiger partial charge on any atom is -0.356 e. The lowest BCUT2D eigenvalue weighted by molar-refractivity contribution is -0.121. The molecule has 3 heteroatoms. The molecule has 0 saturated carbocycles. The zero-order valence-electron chi connectivity index (χ0n) is 12.6. The van der Waals surface area contributed by atoms with Crippen LogP contribution in [0.15, 0.2) is 24.3 Å². The van der Waals surface area contributed by atoms with Gasteiger partial charge >= 0.3 is 0 Å². The average Bonchev–Trinajstić information content (AvgIpc) is 2.45. The molecule has 1 fully saturated rings. The Bertz CT molecular complexity index is 436. The summed E-state index contributed by atoms with van der Waals surface area (Å²) in [7, 11) is 0. The summed E-state index contributed by atoms with van der Waals surface area (Å²) in [5.41, 5.74) is 2.50. The van der Waals surface area contributed by atoms with Gasteiger partial charge in [-0.05, 0) is 51.1 Å². The standard InChI is InChI=1S/C17H26N2O/c1-13-4-3-5-15(10-13)8-9-17(20)19-12-16-7-6-14(2)18-11-16/h3-5,10,14,16,18H,6-9,11-12H2,1-2H3,(H,19,20). The lowest BCUT2D eigenvalue weighted by Crippen LogP contribution is -2.42. The lowest BCUT2D eigenvalue weighted by atomic mass is 9.95. The Morgan fingerprint density at radius 1 is 1.40 bits per heavy atom. The summed E-state index contributed by atoms with van der Waals surface area (Å²) in [6.45, 7) is 6.14. The second-order valence-electron chi connectivity index (χ2n) is 6.05. The Labute approximate surface area is 122 Å². The van der Waals surface area contributed by atoms with E-state index < -0.39 is 0 Å². The van der Waals surface area contributed by atoms with Crippen LogP contribution in [0.5, 0.6) is 0 Å². The molecule has 20 heavy (non-hydrogen) atoms. The highest BCUT2D eigenvalue weighted by molar-refractivity contribution is 5.76. The van der Waals surface area contributed by atoms with Gasteiger partial charge in [0, 0.05) is 19.0 Å². The molecule has 0 bridgehead atoms. The number of nitrogens with one attached hydrogen (secondary N) is 2. The first kappa shape index (κ1) is 15.0. The van der Waals surface area contributed by atoms with Crippen LogP contribution in [0, 0.1) is 12.8 Å². The van der Waals surface area contributed by atoms with Gasteiger partial charge in [-0.25, -0.2) is 0 Å². The summed E-state index contributed by atoms with van der Waals surface area (Å²) in [4.78, 5) is 11.9. The minimum atomic E-state index is 0.171. The normalized spacial score (nSPS) is 22.5. The zero-order valence-corrected chi connectivity index (χ0v) is 12.6. The number of carbonyl (C=O) groups excluding carboxylic acids is 1. The molecule has 1 aliphatic heterocycles. The topological polar surface area (TPSA) is 41.1 Å². The van der Waals surface area contributed by atoms with E-state index in [1.54, 1.807) is 0 Å². The van der Waals surface area contributed by atoms with Gasteiger partial charge in [0.05, 0.1) is 0 Å². The molecule has 1 saturated heterocycles.